The Kier molecular flexibility index (Phi) is 9.32. The third-order valence-electron chi connectivity index (χ3n) is 3.17. The maximum Gasteiger partial charge on any atom is 0.239 e. The van der Waals surface area contributed by atoms with Crippen LogP contribution in [0.25, 0.3) is 0 Å². The largest absolute Gasteiger partial charge is 0.348 e. The first-order chi connectivity index (χ1) is 9.81. The van der Waals surface area contributed by atoms with Crippen LogP contribution in [0.5, 0.6) is 0 Å². The minimum absolute atomic E-state index is 0. The molecule has 22 heavy (non-hydrogen) atoms. The summed E-state index contributed by atoms with van der Waals surface area (Å²) >= 11 is 3.39. The zero-order chi connectivity index (χ0) is 16.0. The topological polar surface area (TPSA) is 84.2 Å². The van der Waals surface area contributed by atoms with Crippen molar-refractivity contribution in [2.24, 2.45) is 11.7 Å². The SMILES string of the molecule is CC(NC(=O)CNC(=O)[C@@H](N)C(C)C)c1cccc(Br)c1.Cl. The molecule has 1 aromatic rings. The van der Waals surface area contributed by atoms with E-state index in [1.807, 2.05) is 45.0 Å². The first-order valence-electron chi connectivity index (χ1n) is 6.89. The van der Waals surface area contributed by atoms with Crippen LogP contribution in [0.15, 0.2) is 28.7 Å². The van der Waals surface area contributed by atoms with Gasteiger partial charge in [-0.3, -0.25) is 9.59 Å². The summed E-state index contributed by atoms with van der Waals surface area (Å²) in [5.74, 6) is -0.518. The van der Waals surface area contributed by atoms with Gasteiger partial charge in [0.2, 0.25) is 11.8 Å². The van der Waals surface area contributed by atoms with Gasteiger partial charge in [-0.05, 0) is 30.5 Å². The van der Waals surface area contributed by atoms with Gasteiger partial charge in [-0.25, -0.2) is 0 Å². The predicted octanol–water partition coefficient (Wildman–Crippen LogP) is 2.15. The Balaban J connectivity index is 0.00000441. The van der Waals surface area contributed by atoms with Crippen LogP contribution in [0.4, 0.5) is 0 Å². The average Bonchev–Trinajstić information content (AvgIpc) is 2.43. The number of hydrogen-bond acceptors (Lipinski definition) is 3. The number of nitrogens with one attached hydrogen (secondary N) is 2. The molecule has 2 atom stereocenters. The van der Waals surface area contributed by atoms with Gasteiger partial charge in [-0.1, -0.05) is 41.9 Å². The quantitative estimate of drug-likeness (QED) is 0.693. The van der Waals surface area contributed by atoms with Gasteiger partial charge >= 0.3 is 0 Å². The fourth-order valence-electron chi connectivity index (χ4n) is 1.74. The van der Waals surface area contributed by atoms with Crippen molar-refractivity contribution in [3.8, 4) is 0 Å². The number of halogens is 2. The van der Waals surface area contributed by atoms with E-state index in [9.17, 15) is 9.59 Å². The summed E-state index contributed by atoms with van der Waals surface area (Å²) in [7, 11) is 0. The Morgan fingerprint density at radius 3 is 2.45 bits per heavy atom. The second-order valence-electron chi connectivity index (χ2n) is 5.33. The van der Waals surface area contributed by atoms with Gasteiger partial charge < -0.3 is 16.4 Å². The molecular weight excluding hydrogens is 370 g/mol. The third-order valence-corrected chi connectivity index (χ3v) is 3.66. The van der Waals surface area contributed by atoms with Gasteiger partial charge in [0.25, 0.3) is 0 Å². The van der Waals surface area contributed by atoms with Crippen molar-refractivity contribution in [3.05, 3.63) is 34.3 Å². The number of carbonyl (C=O) groups excluding carboxylic acids is 2. The smallest absolute Gasteiger partial charge is 0.239 e. The fraction of sp³-hybridized carbons (Fsp3) is 0.467. The standard InChI is InChI=1S/C15H22BrN3O2.ClH/c1-9(2)14(17)15(21)18-8-13(20)19-10(3)11-5-4-6-12(16)7-11;/h4-7,9-10,14H,8,17H2,1-3H3,(H,18,21)(H,19,20);1H/t10?,14-;/m0./s1. The lowest BCUT2D eigenvalue weighted by Gasteiger charge is -2.17. The molecule has 0 saturated heterocycles. The fourth-order valence-corrected chi connectivity index (χ4v) is 2.16. The Hall–Kier alpha value is -1.11. The zero-order valence-corrected chi connectivity index (χ0v) is 15.3. The van der Waals surface area contributed by atoms with E-state index in [2.05, 4.69) is 26.6 Å². The van der Waals surface area contributed by atoms with Crippen molar-refractivity contribution < 1.29 is 9.59 Å². The molecule has 0 aliphatic carbocycles. The summed E-state index contributed by atoms with van der Waals surface area (Å²) in [6, 6.07) is 6.98. The van der Waals surface area contributed by atoms with Gasteiger partial charge in [0.15, 0.2) is 0 Å². The van der Waals surface area contributed by atoms with Crippen LogP contribution < -0.4 is 16.4 Å². The minimum Gasteiger partial charge on any atom is -0.348 e. The molecule has 0 radical (unpaired) electrons. The summed E-state index contributed by atoms with van der Waals surface area (Å²) in [6.45, 7) is 5.54. The van der Waals surface area contributed by atoms with Gasteiger partial charge in [0.1, 0.15) is 0 Å². The molecule has 1 aromatic carbocycles. The molecule has 0 aromatic heterocycles. The number of hydrogen-bond donors (Lipinski definition) is 3. The first-order valence-corrected chi connectivity index (χ1v) is 7.68. The highest BCUT2D eigenvalue weighted by Gasteiger charge is 2.18. The highest BCUT2D eigenvalue weighted by molar-refractivity contribution is 9.10. The maximum absolute atomic E-state index is 11.8. The number of amides is 2. The van der Waals surface area contributed by atoms with Crippen molar-refractivity contribution in [3.63, 3.8) is 0 Å². The second kappa shape index (κ2) is 9.82. The monoisotopic (exact) mass is 391 g/mol. The van der Waals surface area contributed by atoms with Crippen molar-refractivity contribution in [2.45, 2.75) is 32.9 Å². The summed E-state index contributed by atoms with van der Waals surface area (Å²) in [5.41, 5.74) is 6.70. The first kappa shape index (κ1) is 20.9. The molecule has 0 heterocycles. The van der Waals surface area contributed by atoms with Crippen LogP contribution in [0, 0.1) is 5.92 Å². The summed E-state index contributed by atoms with van der Waals surface area (Å²) in [4.78, 5) is 23.5. The Morgan fingerprint density at radius 2 is 1.91 bits per heavy atom. The summed E-state index contributed by atoms with van der Waals surface area (Å²) in [5, 5.41) is 5.38. The molecule has 0 aliphatic rings. The number of nitrogens with two attached hydrogens (primary N) is 1. The van der Waals surface area contributed by atoms with Crippen LogP contribution >= 0.6 is 28.3 Å². The van der Waals surface area contributed by atoms with Crippen LogP contribution in [0.1, 0.15) is 32.4 Å². The molecule has 0 spiro atoms. The molecule has 0 aliphatic heterocycles. The normalized spacial score (nSPS) is 13.0. The molecule has 7 heteroatoms. The molecule has 5 nitrogen and oxygen atoms in total. The molecule has 124 valence electrons. The Bertz CT molecular complexity index is 511. The Labute approximate surface area is 145 Å². The van der Waals surface area contributed by atoms with E-state index < -0.39 is 6.04 Å². The molecule has 1 unspecified atom stereocenters. The van der Waals surface area contributed by atoms with Crippen molar-refractivity contribution >= 4 is 40.2 Å². The van der Waals surface area contributed by atoms with E-state index in [4.69, 9.17) is 5.73 Å². The van der Waals surface area contributed by atoms with Crippen molar-refractivity contribution in [1.29, 1.82) is 0 Å². The highest BCUT2D eigenvalue weighted by atomic mass is 79.9. The average molecular weight is 393 g/mol. The van der Waals surface area contributed by atoms with E-state index in [1.54, 1.807) is 0 Å². The molecule has 2 amide bonds. The van der Waals surface area contributed by atoms with Crippen LogP contribution in [-0.2, 0) is 9.59 Å². The summed E-state index contributed by atoms with van der Waals surface area (Å²) < 4.78 is 0.956. The predicted molar refractivity (Wildman–Crippen MR) is 93.8 cm³/mol. The molecular formula is C15H23BrClN3O2. The lowest BCUT2D eigenvalue weighted by atomic mass is 10.1. The van der Waals surface area contributed by atoms with Crippen LogP contribution in [0.3, 0.4) is 0 Å². The molecule has 4 N–H and O–H groups in total. The van der Waals surface area contributed by atoms with Gasteiger partial charge in [-0.2, -0.15) is 0 Å². The van der Waals surface area contributed by atoms with E-state index in [0.29, 0.717) is 0 Å². The van der Waals surface area contributed by atoms with E-state index in [0.717, 1.165) is 10.0 Å². The number of carbonyl (C=O) groups is 2. The number of rotatable bonds is 6. The lowest BCUT2D eigenvalue weighted by Crippen LogP contribution is -2.47. The van der Waals surface area contributed by atoms with Crippen molar-refractivity contribution in [1.82, 2.24) is 10.6 Å². The lowest BCUT2D eigenvalue weighted by molar-refractivity contribution is -0.127. The molecule has 0 bridgehead atoms. The van der Waals surface area contributed by atoms with E-state index >= 15 is 0 Å². The maximum atomic E-state index is 11.8. The van der Waals surface area contributed by atoms with Crippen LogP contribution in [0.2, 0.25) is 0 Å². The van der Waals surface area contributed by atoms with Gasteiger partial charge in [0.05, 0.1) is 18.6 Å². The van der Waals surface area contributed by atoms with Crippen molar-refractivity contribution in [2.75, 3.05) is 6.54 Å². The van der Waals surface area contributed by atoms with Gasteiger partial charge in [0, 0.05) is 4.47 Å². The molecule has 0 fully saturated rings. The molecule has 0 saturated carbocycles. The minimum atomic E-state index is -0.597. The third kappa shape index (κ3) is 6.77. The zero-order valence-electron chi connectivity index (χ0n) is 12.9. The summed E-state index contributed by atoms with van der Waals surface area (Å²) in [6.07, 6.45) is 0. The van der Waals surface area contributed by atoms with Crippen LogP contribution in [-0.4, -0.2) is 24.4 Å². The molecule has 1 rings (SSSR count). The Morgan fingerprint density at radius 1 is 1.27 bits per heavy atom. The number of benzene rings is 1. The van der Waals surface area contributed by atoms with E-state index in [1.165, 1.54) is 0 Å². The highest BCUT2D eigenvalue weighted by Crippen LogP contribution is 2.17. The second-order valence-corrected chi connectivity index (χ2v) is 6.25. The van der Waals surface area contributed by atoms with E-state index in [-0.39, 0.29) is 42.7 Å². The van der Waals surface area contributed by atoms with Gasteiger partial charge in [-0.15, -0.1) is 12.4 Å².